The lowest BCUT2D eigenvalue weighted by Gasteiger charge is -2.16. The monoisotopic (exact) mass is 591 g/mol. The fraction of sp³-hybridized carbons (Fsp3) is 0.296. The van der Waals surface area contributed by atoms with Gasteiger partial charge in [-0.05, 0) is 80.0 Å². The average Bonchev–Trinajstić information content (AvgIpc) is 3.25. The van der Waals surface area contributed by atoms with Crippen molar-refractivity contribution < 1.29 is 4.79 Å². The maximum Gasteiger partial charge on any atom is 0.267 e. The van der Waals surface area contributed by atoms with Crippen molar-refractivity contribution in [3.05, 3.63) is 83.4 Å². The molecule has 37 heavy (non-hydrogen) atoms. The summed E-state index contributed by atoms with van der Waals surface area (Å²) >= 11 is 21.5. The summed E-state index contributed by atoms with van der Waals surface area (Å²) in [4.78, 5) is 33.5. The van der Waals surface area contributed by atoms with E-state index in [4.69, 9.17) is 39.8 Å². The molecule has 0 bridgehead atoms. The van der Waals surface area contributed by atoms with Gasteiger partial charge in [0, 0.05) is 26.5 Å². The molecule has 0 saturated carbocycles. The fourth-order valence-electron chi connectivity index (χ4n) is 4.58. The van der Waals surface area contributed by atoms with Gasteiger partial charge < -0.3 is 5.32 Å². The molecule has 0 atom stereocenters. The van der Waals surface area contributed by atoms with Gasteiger partial charge in [0.25, 0.3) is 5.56 Å². The fourth-order valence-corrected chi connectivity index (χ4v) is 7.39. The van der Waals surface area contributed by atoms with Gasteiger partial charge >= 0.3 is 0 Å². The number of thioether (sulfide) groups is 1. The first kappa shape index (κ1) is 26.6. The van der Waals surface area contributed by atoms with Gasteiger partial charge in [-0.1, -0.05) is 58.7 Å². The number of rotatable bonds is 7. The van der Waals surface area contributed by atoms with Crippen molar-refractivity contribution >= 4 is 74.0 Å². The smallest absolute Gasteiger partial charge is 0.267 e. The summed E-state index contributed by atoms with van der Waals surface area (Å²) in [5.41, 5.74) is 3.42. The lowest BCUT2D eigenvalue weighted by atomic mass is 9.97. The van der Waals surface area contributed by atoms with Crippen LogP contribution in [-0.2, 0) is 24.1 Å². The molecule has 1 N–H and O–H groups in total. The van der Waals surface area contributed by atoms with Crippen molar-refractivity contribution in [3.8, 4) is 5.69 Å². The highest BCUT2D eigenvalue weighted by atomic mass is 35.5. The van der Waals surface area contributed by atoms with E-state index in [0.717, 1.165) is 47.2 Å². The van der Waals surface area contributed by atoms with Gasteiger partial charge in [0.1, 0.15) is 4.83 Å². The molecule has 2 aromatic carbocycles. The maximum absolute atomic E-state index is 13.9. The van der Waals surface area contributed by atoms with Crippen LogP contribution in [0.1, 0.15) is 34.4 Å². The van der Waals surface area contributed by atoms with E-state index in [1.165, 1.54) is 16.6 Å². The second-order valence-electron chi connectivity index (χ2n) is 8.93. The Morgan fingerprint density at radius 1 is 1.14 bits per heavy atom. The van der Waals surface area contributed by atoms with Crippen molar-refractivity contribution in [2.75, 3.05) is 12.3 Å². The SMILES string of the molecule is Cc1c(Cl)cccc1-n1c(SCC(=O)NCCc2ccc(Cl)cc2Cl)nc2sc3c(c2c1=O)CCCC3. The lowest BCUT2D eigenvalue weighted by Crippen LogP contribution is -2.28. The van der Waals surface area contributed by atoms with Crippen LogP contribution in [0.4, 0.5) is 0 Å². The first-order valence-electron chi connectivity index (χ1n) is 12.0. The summed E-state index contributed by atoms with van der Waals surface area (Å²) in [6, 6.07) is 10.8. The van der Waals surface area contributed by atoms with Gasteiger partial charge in [-0.25, -0.2) is 4.98 Å². The summed E-state index contributed by atoms with van der Waals surface area (Å²) < 4.78 is 1.62. The van der Waals surface area contributed by atoms with Crippen molar-refractivity contribution in [2.45, 2.75) is 44.2 Å². The van der Waals surface area contributed by atoms with E-state index < -0.39 is 0 Å². The van der Waals surface area contributed by atoms with Gasteiger partial charge in [-0.3, -0.25) is 14.2 Å². The molecular weight excluding hydrogens is 569 g/mol. The van der Waals surface area contributed by atoms with E-state index in [9.17, 15) is 9.59 Å². The Morgan fingerprint density at radius 2 is 1.95 bits per heavy atom. The normalized spacial score (nSPS) is 13.1. The molecule has 0 unspecified atom stereocenters. The molecule has 10 heteroatoms. The summed E-state index contributed by atoms with van der Waals surface area (Å²) in [7, 11) is 0. The minimum Gasteiger partial charge on any atom is -0.355 e. The molecule has 0 fully saturated rings. The number of nitrogens with one attached hydrogen (secondary N) is 1. The van der Waals surface area contributed by atoms with E-state index in [-0.39, 0.29) is 17.2 Å². The number of thiophene rings is 1. The predicted octanol–water partition coefficient (Wildman–Crippen LogP) is 7.05. The molecule has 2 aromatic heterocycles. The van der Waals surface area contributed by atoms with Crippen molar-refractivity contribution in [3.63, 3.8) is 0 Å². The number of aryl methyl sites for hydroxylation is 2. The molecule has 0 spiro atoms. The van der Waals surface area contributed by atoms with E-state index >= 15 is 0 Å². The van der Waals surface area contributed by atoms with Crippen molar-refractivity contribution in [1.82, 2.24) is 14.9 Å². The second kappa shape index (κ2) is 11.4. The Balaban J connectivity index is 1.41. The molecule has 0 saturated heterocycles. The maximum atomic E-state index is 13.9. The first-order chi connectivity index (χ1) is 17.8. The van der Waals surface area contributed by atoms with Crippen LogP contribution >= 0.6 is 57.9 Å². The predicted molar refractivity (Wildman–Crippen MR) is 156 cm³/mol. The van der Waals surface area contributed by atoms with E-state index in [1.807, 2.05) is 25.1 Å². The summed E-state index contributed by atoms with van der Waals surface area (Å²) in [5.74, 6) is -0.0268. The van der Waals surface area contributed by atoms with Crippen LogP contribution in [0.25, 0.3) is 15.9 Å². The van der Waals surface area contributed by atoms with Crippen LogP contribution in [0.5, 0.6) is 0 Å². The highest BCUT2D eigenvalue weighted by molar-refractivity contribution is 7.99. The van der Waals surface area contributed by atoms with Gasteiger partial charge in [-0.2, -0.15) is 0 Å². The van der Waals surface area contributed by atoms with Gasteiger partial charge in [-0.15, -0.1) is 11.3 Å². The molecule has 0 radical (unpaired) electrons. The van der Waals surface area contributed by atoms with Gasteiger partial charge in [0.15, 0.2) is 5.16 Å². The standard InChI is InChI=1S/C27H24Cl3N3O2S2/c1-15-19(29)6-4-7-21(15)33-26(35)24-18-5-2-3-8-22(18)37-25(24)32-27(33)36-14-23(34)31-12-11-16-9-10-17(28)13-20(16)30/h4,6-7,9-10,13H,2-3,5,8,11-12,14H2,1H3,(H,31,34). The third-order valence-electron chi connectivity index (χ3n) is 6.50. The first-order valence-corrected chi connectivity index (χ1v) is 14.9. The minimum atomic E-state index is -0.149. The highest BCUT2D eigenvalue weighted by Gasteiger charge is 2.24. The zero-order valence-electron chi connectivity index (χ0n) is 20.1. The third kappa shape index (κ3) is 5.57. The molecule has 5 nitrogen and oxygen atoms in total. The third-order valence-corrected chi connectivity index (χ3v) is 9.62. The van der Waals surface area contributed by atoms with Gasteiger partial charge in [0.2, 0.25) is 5.91 Å². The van der Waals surface area contributed by atoms with Crippen LogP contribution in [0, 0.1) is 6.92 Å². The number of carbonyl (C=O) groups excluding carboxylic acids is 1. The number of fused-ring (bicyclic) bond motifs is 3. The van der Waals surface area contributed by atoms with E-state index in [0.29, 0.717) is 44.3 Å². The summed E-state index contributed by atoms with van der Waals surface area (Å²) in [6.07, 6.45) is 4.67. The number of halogens is 3. The summed E-state index contributed by atoms with van der Waals surface area (Å²) in [5, 5.41) is 5.84. The molecule has 0 aliphatic heterocycles. The minimum absolute atomic E-state index is 0.102. The Hall–Kier alpha value is -2.03. The average molecular weight is 593 g/mol. The van der Waals surface area contributed by atoms with E-state index in [2.05, 4.69) is 5.32 Å². The van der Waals surface area contributed by atoms with Crippen LogP contribution in [0.3, 0.4) is 0 Å². The van der Waals surface area contributed by atoms with Crippen LogP contribution in [0.15, 0.2) is 46.3 Å². The molecule has 1 amide bonds. The second-order valence-corrected chi connectivity index (χ2v) is 12.2. The molecule has 5 rings (SSSR count). The Morgan fingerprint density at radius 3 is 2.76 bits per heavy atom. The van der Waals surface area contributed by atoms with E-state index in [1.54, 1.807) is 34.1 Å². The van der Waals surface area contributed by atoms with Crippen LogP contribution in [-0.4, -0.2) is 27.8 Å². The number of hydrogen-bond donors (Lipinski definition) is 1. The number of benzene rings is 2. The Labute approximate surface area is 238 Å². The lowest BCUT2D eigenvalue weighted by molar-refractivity contribution is -0.118. The number of amides is 1. The van der Waals surface area contributed by atoms with Crippen molar-refractivity contribution in [1.29, 1.82) is 0 Å². The molecule has 2 heterocycles. The quantitative estimate of drug-likeness (QED) is 0.185. The number of nitrogens with zero attached hydrogens (tertiary/aromatic N) is 2. The summed E-state index contributed by atoms with van der Waals surface area (Å²) in [6.45, 7) is 2.32. The molecule has 1 aliphatic rings. The van der Waals surface area contributed by atoms with Crippen LogP contribution < -0.4 is 10.9 Å². The largest absolute Gasteiger partial charge is 0.355 e. The Kier molecular flexibility index (Phi) is 8.17. The topological polar surface area (TPSA) is 64.0 Å². The number of aromatic nitrogens is 2. The molecule has 192 valence electrons. The number of hydrogen-bond acceptors (Lipinski definition) is 5. The van der Waals surface area contributed by atoms with Gasteiger partial charge in [0.05, 0.1) is 16.8 Å². The molecule has 1 aliphatic carbocycles. The zero-order valence-corrected chi connectivity index (χ0v) is 24.0. The van der Waals surface area contributed by atoms with Crippen LogP contribution in [0.2, 0.25) is 15.1 Å². The highest BCUT2D eigenvalue weighted by Crippen LogP contribution is 2.36. The molecule has 4 aromatic rings. The zero-order chi connectivity index (χ0) is 26.1. The molecular formula is C27H24Cl3N3O2S2. The Bertz CT molecular complexity index is 1570. The van der Waals surface area contributed by atoms with Crippen molar-refractivity contribution in [2.24, 2.45) is 0 Å². The number of carbonyl (C=O) groups is 1.